The van der Waals surface area contributed by atoms with E-state index < -0.39 is 0 Å². The van der Waals surface area contributed by atoms with Crippen LogP contribution in [0.25, 0.3) is 0 Å². The average molecular weight is 335 g/mol. The lowest BCUT2D eigenvalue weighted by Crippen LogP contribution is -2.45. The van der Waals surface area contributed by atoms with E-state index in [2.05, 4.69) is 29.4 Å². The minimum absolute atomic E-state index is 0.00147. The predicted octanol–water partition coefficient (Wildman–Crippen LogP) is 1.69. The third kappa shape index (κ3) is 3.73. The Labute approximate surface area is 142 Å². The number of methoxy groups -OCH3 is 1. The lowest BCUT2D eigenvalue weighted by atomic mass is 10.2. The molecule has 3 rings (SSSR count). The zero-order chi connectivity index (χ0) is 17.1. The second-order valence-electron chi connectivity index (χ2n) is 6.39. The smallest absolute Gasteiger partial charge is 0.319 e. The molecule has 0 spiro atoms. The van der Waals surface area contributed by atoms with Gasteiger partial charge in [0.05, 0.1) is 12.1 Å². The van der Waals surface area contributed by atoms with Crippen molar-refractivity contribution in [1.82, 2.24) is 10.2 Å². The highest BCUT2D eigenvalue weighted by molar-refractivity contribution is 5.90. The number of likely N-dealkylation sites (tertiary alicyclic amines) is 1. The molecule has 24 heavy (non-hydrogen) atoms. The zero-order valence-corrected chi connectivity index (χ0v) is 14.4. The van der Waals surface area contributed by atoms with Crippen LogP contribution in [0, 0.1) is 0 Å². The first-order valence-electron chi connectivity index (χ1n) is 8.31. The predicted molar refractivity (Wildman–Crippen MR) is 90.9 cm³/mol. The van der Waals surface area contributed by atoms with E-state index in [1.165, 1.54) is 0 Å². The van der Waals surface area contributed by atoms with Crippen molar-refractivity contribution in [1.29, 1.82) is 0 Å². The van der Waals surface area contributed by atoms with Gasteiger partial charge in [-0.1, -0.05) is 0 Å². The molecule has 0 bridgehead atoms. The van der Waals surface area contributed by atoms with Crippen LogP contribution in [-0.2, 0) is 4.74 Å². The molecule has 2 amide bonds. The second-order valence-corrected chi connectivity index (χ2v) is 6.39. The Kier molecular flexibility index (Phi) is 5.11. The van der Waals surface area contributed by atoms with E-state index in [0.29, 0.717) is 36.4 Å². The Morgan fingerprint density at radius 2 is 2.00 bits per heavy atom. The molecule has 2 heterocycles. The summed E-state index contributed by atoms with van der Waals surface area (Å²) in [4.78, 5) is 14.6. The van der Waals surface area contributed by atoms with Crippen molar-refractivity contribution in [2.45, 2.75) is 32.0 Å². The van der Waals surface area contributed by atoms with E-state index >= 15 is 0 Å². The molecule has 1 fully saturated rings. The van der Waals surface area contributed by atoms with E-state index in [9.17, 15) is 4.79 Å². The zero-order valence-electron chi connectivity index (χ0n) is 14.4. The number of anilines is 1. The molecule has 0 aliphatic carbocycles. The molecule has 0 radical (unpaired) electrons. The fourth-order valence-electron chi connectivity index (χ4n) is 3.06. The van der Waals surface area contributed by atoms with Gasteiger partial charge in [0, 0.05) is 38.0 Å². The molecule has 1 saturated heterocycles. The number of urea groups is 1. The van der Waals surface area contributed by atoms with Gasteiger partial charge in [-0.3, -0.25) is 4.90 Å². The van der Waals surface area contributed by atoms with Gasteiger partial charge in [-0.05, 0) is 26.0 Å². The fourth-order valence-corrected chi connectivity index (χ4v) is 3.06. The third-order valence-electron chi connectivity index (χ3n) is 4.44. The Balaban J connectivity index is 1.59. The van der Waals surface area contributed by atoms with Crippen molar-refractivity contribution in [2.24, 2.45) is 0 Å². The molecule has 1 aromatic rings. The van der Waals surface area contributed by atoms with Crippen LogP contribution in [0.2, 0.25) is 0 Å². The number of ether oxygens (including phenoxy) is 3. The monoisotopic (exact) mass is 335 g/mol. The minimum Gasteiger partial charge on any atom is -0.486 e. The van der Waals surface area contributed by atoms with E-state index in [1.807, 2.05) is 0 Å². The number of benzene rings is 1. The van der Waals surface area contributed by atoms with Gasteiger partial charge in [0.1, 0.15) is 13.2 Å². The summed E-state index contributed by atoms with van der Waals surface area (Å²) in [6.45, 7) is 6.96. The van der Waals surface area contributed by atoms with Gasteiger partial charge in [-0.25, -0.2) is 4.79 Å². The Morgan fingerprint density at radius 3 is 2.71 bits per heavy atom. The van der Waals surface area contributed by atoms with Gasteiger partial charge in [0.25, 0.3) is 0 Å². The van der Waals surface area contributed by atoms with Crippen molar-refractivity contribution < 1.29 is 19.0 Å². The second kappa shape index (κ2) is 7.27. The van der Waals surface area contributed by atoms with Crippen LogP contribution in [-0.4, -0.2) is 62.5 Å². The molecule has 2 aliphatic heterocycles. The molecule has 2 aliphatic rings. The molecule has 7 nitrogen and oxygen atoms in total. The average Bonchev–Trinajstić information content (AvgIpc) is 2.97. The number of nitrogens with one attached hydrogen (secondary N) is 2. The maximum absolute atomic E-state index is 12.3. The summed E-state index contributed by atoms with van der Waals surface area (Å²) in [5, 5.41) is 5.85. The lowest BCUT2D eigenvalue weighted by Gasteiger charge is -2.21. The molecule has 2 atom stereocenters. The third-order valence-corrected chi connectivity index (χ3v) is 4.44. The molecule has 0 saturated carbocycles. The van der Waals surface area contributed by atoms with Crippen LogP contribution in [0.5, 0.6) is 11.5 Å². The van der Waals surface area contributed by atoms with Crippen LogP contribution < -0.4 is 20.1 Å². The van der Waals surface area contributed by atoms with Crippen LogP contribution in [0.4, 0.5) is 10.5 Å². The largest absolute Gasteiger partial charge is 0.486 e. The molecule has 0 aromatic heterocycles. The highest BCUT2D eigenvalue weighted by atomic mass is 16.6. The standard InChI is InChI=1S/C17H25N3O4/c1-11(2)20-9-13(16(10-20)22-3)19-17(21)18-12-4-5-14-15(8-12)24-7-6-23-14/h4-5,8,11,13,16H,6-7,9-10H2,1-3H3,(H2,18,19,21)/t13-,16-/m1/s1. The maximum Gasteiger partial charge on any atom is 0.319 e. The topological polar surface area (TPSA) is 72.1 Å². The SMILES string of the molecule is CO[C@@H]1CN(C(C)C)C[C@H]1NC(=O)Nc1ccc2c(c1)OCCO2. The van der Waals surface area contributed by atoms with Gasteiger partial charge in [-0.15, -0.1) is 0 Å². The van der Waals surface area contributed by atoms with Gasteiger partial charge in [0.2, 0.25) is 0 Å². The highest BCUT2D eigenvalue weighted by Gasteiger charge is 2.34. The van der Waals surface area contributed by atoms with Gasteiger partial charge in [-0.2, -0.15) is 0 Å². The number of hydrogen-bond acceptors (Lipinski definition) is 5. The van der Waals surface area contributed by atoms with E-state index in [0.717, 1.165) is 13.1 Å². The molecular weight excluding hydrogens is 310 g/mol. The molecular formula is C17H25N3O4. The Bertz CT molecular complexity index is 593. The van der Waals surface area contributed by atoms with Crippen LogP contribution >= 0.6 is 0 Å². The summed E-state index contributed by atoms with van der Waals surface area (Å²) in [6, 6.07) is 5.53. The summed E-state index contributed by atoms with van der Waals surface area (Å²) >= 11 is 0. The number of fused-ring (bicyclic) bond motifs is 1. The number of amides is 2. The van der Waals surface area contributed by atoms with Crippen LogP contribution in [0.15, 0.2) is 18.2 Å². The van der Waals surface area contributed by atoms with Crippen molar-refractivity contribution in [3.05, 3.63) is 18.2 Å². The van der Waals surface area contributed by atoms with Crippen LogP contribution in [0.1, 0.15) is 13.8 Å². The number of carbonyl (C=O) groups is 1. The minimum atomic E-state index is -0.246. The highest BCUT2D eigenvalue weighted by Crippen LogP contribution is 2.32. The first kappa shape index (κ1) is 16.9. The normalized spacial score (nSPS) is 23.3. The quantitative estimate of drug-likeness (QED) is 0.876. The number of rotatable bonds is 4. The first-order chi connectivity index (χ1) is 11.6. The Hall–Kier alpha value is -1.99. The molecule has 7 heteroatoms. The summed E-state index contributed by atoms with van der Waals surface area (Å²) in [6.07, 6.45) is -0.00147. The Morgan fingerprint density at radius 1 is 1.25 bits per heavy atom. The van der Waals surface area contributed by atoms with Gasteiger partial charge in [0.15, 0.2) is 11.5 Å². The summed E-state index contributed by atoms with van der Waals surface area (Å²) < 4.78 is 16.5. The van der Waals surface area contributed by atoms with Crippen molar-refractivity contribution in [2.75, 3.05) is 38.7 Å². The summed E-state index contributed by atoms with van der Waals surface area (Å²) in [5.41, 5.74) is 0.671. The van der Waals surface area contributed by atoms with Crippen molar-refractivity contribution >= 4 is 11.7 Å². The lowest BCUT2D eigenvalue weighted by molar-refractivity contribution is 0.0896. The van der Waals surface area contributed by atoms with Crippen LogP contribution in [0.3, 0.4) is 0 Å². The fraction of sp³-hybridized carbons (Fsp3) is 0.588. The van der Waals surface area contributed by atoms with Gasteiger partial charge < -0.3 is 24.8 Å². The van der Waals surface area contributed by atoms with E-state index in [-0.39, 0.29) is 18.2 Å². The van der Waals surface area contributed by atoms with E-state index in [4.69, 9.17) is 14.2 Å². The van der Waals surface area contributed by atoms with Crippen molar-refractivity contribution in [3.8, 4) is 11.5 Å². The molecule has 2 N–H and O–H groups in total. The molecule has 132 valence electrons. The molecule has 1 aromatic carbocycles. The first-order valence-corrected chi connectivity index (χ1v) is 8.31. The summed E-state index contributed by atoms with van der Waals surface area (Å²) in [7, 11) is 1.68. The summed E-state index contributed by atoms with van der Waals surface area (Å²) in [5.74, 6) is 1.36. The molecule has 0 unspecified atom stereocenters. The van der Waals surface area contributed by atoms with E-state index in [1.54, 1.807) is 25.3 Å². The van der Waals surface area contributed by atoms with Gasteiger partial charge >= 0.3 is 6.03 Å². The number of carbonyl (C=O) groups excluding carboxylic acids is 1. The number of hydrogen-bond donors (Lipinski definition) is 2. The van der Waals surface area contributed by atoms with Crippen molar-refractivity contribution in [3.63, 3.8) is 0 Å². The number of nitrogens with zero attached hydrogens (tertiary/aromatic N) is 1. The maximum atomic E-state index is 12.3.